The van der Waals surface area contributed by atoms with Crippen LogP contribution >= 0.6 is 11.6 Å². The highest BCUT2D eigenvalue weighted by atomic mass is 35.5. The second kappa shape index (κ2) is 5.89. The summed E-state index contributed by atoms with van der Waals surface area (Å²) in [5.41, 5.74) is 7.66. The van der Waals surface area contributed by atoms with Crippen molar-refractivity contribution in [2.45, 2.75) is 27.7 Å². The maximum absolute atomic E-state index is 6.88. The molecule has 0 bridgehead atoms. The predicted molar refractivity (Wildman–Crippen MR) is 111 cm³/mol. The molecular weight excluding hydrogens is 324 g/mol. The molecule has 124 valence electrons. The number of fused-ring (bicyclic) bond motifs is 2. The molecular formula is C24H21Cl. The summed E-state index contributed by atoms with van der Waals surface area (Å²) in [6, 6.07) is 19.7. The van der Waals surface area contributed by atoms with E-state index in [9.17, 15) is 0 Å². The molecule has 4 aromatic rings. The van der Waals surface area contributed by atoms with Gasteiger partial charge in [-0.1, -0.05) is 54.1 Å². The third kappa shape index (κ3) is 2.53. The Hall–Kier alpha value is -2.31. The van der Waals surface area contributed by atoms with Gasteiger partial charge in [-0.15, -0.1) is 0 Å². The topological polar surface area (TPSA) is 0 Å². The van der Waals surface area contributed by atoms with E-state index in [2.05, 4.69) is 82.3 Å². The first-order chi connectivity index (χ1) is 12.0. The van der Waals surface area contributed by atoms with E-state index in [0.717, 1.165) is 15.8 Å². The summed E-state index contributed by atoms with van der Waals surface area (Å²) in [6.07, 6.45) is 0. The Balaban J connectivity index is 2.30. The van der Waals surface area contributed by atoms with Crippen LogP contribution in [0.3, 0.4) is 0 Å². The van der Waals surface area contributed by atoms with E-state index in [1.807, 2.05) is 0 Å². The van der Waals surface area contributed by atoms with Gasteiger partial charge >= 0.3 is 0 Å². The van der Waals surface area contributed by atoms with Gasteiger partial charge in [0.2, 0.25) is 0 Å². The minimum Gasteiger partial charge on any atom is -0.0830 e. The lowest BCUT2D eigenvalue weighted by Gasteiger charge is -2.17. The van der Waals surface area contributed by atoms with Crippen LogP contribution in [0, 0.1) is 27.7 Å². The molecule has 0 atom stereocenters. The van der Waals surface area contributed by atoms with Crippen LogP contribution in [0.4, 0.5) is 0 Å². The van der Waals surface area contributed by atoms with E-state index < -0.39 is 0 Å². The number of benzene rings is 4. The zero-order chi connectivity index (χ0) is 17.7. The van der Waals surface area contributed by atoms with Crippen molar-refractivity contribution in [3.63, 3.8) is 0 Å². The Labute approximate surface area is 154 Å². The molecule has 0 nitrogen and oxygen atoms in total. The van der Waals surface area contributed by atoms with Crippen LogP contribution in [0.25, 0.3) is 32.7 Å². The van der Waals surface area contributed by atoms with Crippen molar-refractivity contribution in [2.24, 2.45) is 0 Å². The summed E-state index contributed by atoms with van der Waals surface area (Å²) in [4.78, 5) is 0. The maximum atomic E-state index is 6.88. The second-order valence-corrected chi connectivity index (χ2v) is 7.40. The van der Waals surface area contributed by atoms with Crippen molar-refractivity contribution < 1.29 is 0 Å². The van der Waals surface area contributed by atoms with Crippen molar-refractivity contribution in [3.8, 4) is 11.1 Å². The third-order valence-corrected chi connectivity index (χ3v) is 5.75. The van der Waals surface area contributed by atoms with Crippen LogP contribution < -0.4 is 0 Å². The number of rotatable bonds is 1. The molecule has 0 radical (unpaired) electrons. The van der Waals surface area contributed by atoms with E-state index in [0.29, 0.717) is 0 Å². The number of aryl methyl sites for hydroxylation is 4. The lowest BCUT2D eigenvalue weighted by molar-refractivity contribution is 1.36. The monoisotopic (exact) mass is 344 g/mol. The fourth-order valence-electron chi connectivity index (χ4n) is 3.62. The Morgan fingerprint density at radius 2 is 0.960 bits per heavy atom. The zero-order valence-corrected chi connectivity index (χ0v) is 15.8. The smallest absolute Gasteiger partial charge is 0.0563 e. The average Bonchev–Trinajstić information content (AvgIpc) is 2.60. The standard InChI is InChI=1S/C24H21Cl/c1-14-10-19-21(12-16(14)3)24(25)22-13-17(4)15(2)11-20(22)23(19)18-8-6-5-7-9-18/h5-13H,1-4H3. The molecule has 1 heteroatoms. The number of halogens is 1. The van der Waals surface area contributed by atoms with Gasteiger partial charge in [0.1, 0.15) is 0 Å². The molecule has 0 fully saturated rings. The van der Waals surface area contributed by atoms with Gasteiger partial charge < -0.3 is 0 Å². The molecule has 0 spiro atoms. The quantitative estimate of drug-likeness (QED) is 0.313. The minimum absolute atomic E-state index is 0.857. The summed E-state index contributed by atoms with van der Waals surface area (Å²) in [6.45, 7) is 8.64. The van der Waals surface area contributed by atoms with Crippen molar-refractivity contribution in [1.82, 2.24) is 0 Å². The van der Waals surface area contributed by atoms with Gasteiger partial charge in [-0.25, -0.2) is 0 Å². The molecule has 4 rings (SSSR count). The summed E-state index contributed by atoms with van der Waals surface area (Å²) >= 11 is 6.88. The van der Waals surface area contributed by atoms with Gasteiger partial charge in [-0.05, 0) is 84.0 Å². The van der Waals surface area contributed by atoms with Gasteiger partial charge in [0.25, 0.3) is 0 Å². The summed E-state index contributed by atoms with van der Waals surface area (Å²) in [5.74, 6) is 0. The van der Waals surface area contributed by atoms with E-state index >= 15 is 0 Å². The van der Waals surface area contributed by atoms with Gasteiger partial charge in [-0.3, -0.25) is 0 Å². The highest BCUT2D eigenvalue weighted by Gasteiger charge is 2.16. The van der Waals surface area contributed by atoms with Gasteiger partial charge in [-0.2, -0.15) is 0 Å². The first-order valence-electron chi connectivity index (χ1n) is 8.66. The SMILES string of the molecule is Cc1cc2c(Cl)c3cc(C)c(C)cc3c(-c3ccccc3)c2cc1C. The largest absolute Gasteiger partial charge is 0.0830 e. The van der Waals surface area contributed by atoms with Crippen LogP contribution in [0.2, 0.25) is 5.02 Å². The molecule has 25 heavy (non-hydrogen) atoms. The fraction of sp³-hybridized carbons (Fsp3) is 0.167. The van der Waals surface area contributed by atoms with Crippen molar-refractivity contribution in [2.75, 3.05) is 0 Å². The molecule has 0 saturated heterocycles. The van der Waals surface area contributed by atoms with Crippen LogP contribution in [0.15, 0.2) is 54.6 Å². The normalized spacial score (nSPS) is 11.4. The van der Waals surface area contributed by atoms with Crippen LogP contribution in [0.5, 0.6) is 0 Å². The maximum Gasteiger partial charge on any atom is 0.0563 e. The molecule has 0 aliphatic heterocycles. The van der Waals surface area contributed by atoms with Crippen LogP contribution in [-0.2, 0) is 0 Å². The zero-order valence-electron chi connectivity index (χ0n) is 15.1. The van der Waals surface area contributed by atoms with E-state index in [1.165, 1.54) is 44.2 Å². The molecule has 0 unspecified atom stereocenters. The molecule has 0 aliphatic carbocycles. The highest BCUT2D eigenvalue weighted by Crippen LogP contribution is 2.43. The lowest BCUT2D eigenvalue weighted by atomic mass is 9.88. The van der Waals surface area contributed by atoms with Crippen LogP contribution in [-0.4, -0.2) is 0 Å². The fourth-order valence-corrected chi connectivity index (χ4v) is 3.93. The van der Waals surface area contributed by atoms with Gasteiger partial charge in [0.05, 0.1) is 5.02 Å². The highest BCUT2D eigenvalue weighted by molar-refractivity contribution is 6.42. The second-order valence-electron chi connectivity index (χ2n) is 7.02. The average molecular weight is 345 g/mol. The van der Waals surface area contributed by atoms with Gasteiger partial charge in [0, 0.05) is 10.8 Å². The Morgan fingerprint density at radius 1 is 0.560 bits per heavy atom. The molecule has 0 heterocycles. The number of hydrogen-bond acceptors (Lipinski definition) is 0. The summed E-state index contributed by atoms with van der Waals surface area (Å²) < 4.78 is 0. The molecule has 0 N–H and O–H groups in total. The Bertz CT molecular complexity index is 1050. The molecule has 4 aromatic carbocycles. The van der Waals surface area contributed by atoms with Crippen molar-refractivity contribution >= 4 is 33.1 Å². The first kappa shape index (κ1) is 16.2. The Morgan fingerprint density at radius 3 is 1.40 bits per heavy atom. The lowest BCUT2D eigenvalue weighted by Crippen LogP contribution is -1.92. The first-order valence-corrected chi connectivity index (χ1v) is 9.04. The number of hydrogen-bond donors (Lipinski definition) is 0. The Kier molecular flexibility index (Phi) is 3.81. The predicted octanol–water partition coefficient (Wildman–Crippen LogP) is 7.55. The third-order valence-electron chi connectivity index (χ3n) is 5.34. The van der Waals surface area contributed by atoms with Gasteiger partial charge in [0.15, 0.2) is 0 Å². The molecule has 0 aromatic heterocycles. The van der Waals surface area contributed by atoms with E-state index in [-0.39, 0.29) is 0 Å². The van der Waals surface area contributed by atoms with Crippen molar-refractivity contribution in [3.05, 3.63) is 81.9 Å². The summed E-state index contributed by atoms with van der Waals surface area (Å²) in [5, 5.41) is 5.60. The van der Waals surface area contributed by atoms with E-state index in [4.69, 9.17) is 11.6 Å². The van der Waals surface area contributed by atoms with Crippen LogP contribution in [0.1, 0.15) is 22.3 Å². The summed E-state index contributed by atoms with van der Waals surface area (Å²) in [7, 11) is 0. The van der Waals surface area contributed by atoms with Crippen molar-refractivity contribution in [1.29, 1.82) is 0 Å². The minimum atomic E-state index is 0.857. The molecule has 0 saturated carbocycles. The van der Waals surface area contributed by atoms with E-state index in [1.54, 1.807) is 0 Å². The molecule has 0 amide bonds. The molecule has 0 aliphatic rings.